The number of ether oxygens (including phenoxy) is 4. The molecule has 0 aliphatic rings. The molecule has 0 aromatic heterocycles. The molecule has 0 heterocycles. The largest absolute Gasteiger partial charge is 0.472 e. The highest BCUT2D eigenvalue weighted by molar-refractivity contribution is 7.47. The molecule has 0 aliphatic heterocycles. The maximum absolute atomic E-state index is 13.1. The standard InChI is InChI=1S/C82H160O17P2/c1-7-9-11-13-15-16-17-18-19-20-26-32-37-42-48-54-60-66-81(86)98-77(70-92-79(84)64-58-52-44-14-12-10-8-2)72-96-100(88,89)94-68-76(83)69-95-101(90,91)97-73-78(71-93-80(85)65-59-53-47-41-36-31-28-23-25-30-35-40-46-51-57-63-75(5)6)99-82(87)67-61-55-49-43-38-33-27-22-21-24-29-34-39-45-50-56-62-74(3)4/h74-78,83H,7-73H2,1-6H3,(H,88,89)(H,90,91)/t76-,77+,78+/m0/s1. The lowest BCUT2D eigenvalue weighted by Crippen LogP contribution is -2.30. The van der Waals surface area contributed by atoms with Crippen molar-refractivity contribution in [3.63, 3.8) is 0 Å². The van der Waals surface area contributed by atoms with Gasteiger partial charge in [0.05, 0.1) is 26.4 Å². The highest BCUT2D eigenvalue weighted by Gasteiger charge is 2.30. The van der Waals surface area contributed by atoms with Crippen LogP contribution in [0.15, 0.2) is 0 Å². The molecule has 19 heteroatoms. The van der Waals surface area contributed by atoms with Crippen LogP contribution in [0, 0.1) is 11.8 Å². The number of rotatable bonds is 81. The zero-order valence-corrected chi connectivity index (χ0v) is 68.0. The van der Waals surface area contributed by atoms with Gasteiger partial charge in [-0.3, -0.25) is 37.3 Å². The Morgan fingerprint density at radius 2 is 0.455 bits per heavy atom. The lowest BCUT2D eigenvalue weighted by atomic mass is 10.0. The number of phosphoric ester groups is 2. The molecule has 600 valence electrons. The molecular weight excluding hydrogens is 1320 g/mol. The molecule has 0 radical (unpaired) electrons. The van der Waals surface area contributed by atoms with Crippen LogP contribution in [-0.2, 0) is 65.4 Å². The van der Waals surface area contributed by atoms with Crippen LogP contribution in [0.4, 0.5) is 0 Å². The van der Waals surface area contributed by atoms with Gasteiger partial charge in [0.15, 0.2) is 12.2 Å². The maximum atomic E-state index is 13.1. The fourth-order valence-electron chi connectivity index (χ4n) is 12.7. The van der Waals surface area contributed by atoms with Gasteiger partial charge in [0.2, 0.25) is 0 Å². The van der Waals surface area contributed by atoms with Gasteiger partial charge >= 0.3 is 39.5 Å². The van der Waals surface area contributed by atoms with Crippen molar-refractivity contribution in [2.24, 2.45) is 11.8 Å². The van der Waals surface area contributed by atoms with E-state index >= 15 is 0 Å². The highest BCUT2D eigenvalue weighted by atomic mass is 31.2. The summed E-state index contributed by atoms with van der Waals surface area (Å²) in [5.74, 6) is -0.495. The van der Waals surface area contributed by atoms with Crippen LogP contribution in [0.1, 0.15) is 433 Å². The van der Waals surface area contributed by atoms with Crippen LogP contribution in [0.5, 0.6) is 0 Å². The fraction of sp³-hybridized carbons (Fsp3) is 0.951. The van der Waals surface area contributed by atoms with E-state index in [4.69, 9.17) is 37.0 Å². The minimum atomic E-state index is -4.96. The molecule has 0 fully saturated rings. The third-order valence-electron chi connectivity index (χ3n) is 19.2. The van der Waals surface area contributed by atoms with Gasteiger partial charge in [-0.2, -0.15) is 0 Å². The van der Waals surface area contributed by atoms with Crippen molar-refractivity contribution in [2.45, 2.75) is 452 Å². The number of esters is 4. The van der Waals surface area contributed by atoms with E-state index in [2.05, 4.69) is 41.5 Å². The van der Waals surface area contributed by atoms with Gasteiger partial charge in [-0.1, -0.05) is 382 Å². The maximum Gasteiger partial charge on any atom is 0.472 e. The van der Waals surface area contributed by atoms with Crippen LogP contribution in [-0.4, -0.2) is 96.7 Å². The molecule has 0 bridgehead atoms. The Balaban J connectivity index is 5.17. The van der Waals surface area contributed by atoms with Crippen molar-refractivity contribution in [3.8, 4) is 0 Å². The van der Waals surface area contributed by atoms with Crippen molar-refractivity contribution in [1.29, 1.82) is 0 Å². The van der Waals surface area contributed by atoms with E-state index < -0.39 is 97.5 Å². The summed E-state index contributed by atoms with van der Waals surface area (Å²) in [7, 11) is -9.92. The van der Waals surface area contributed by atoms with E-state index in [1.165, 1.54) is 238 Å². The minimum absolute atomic E-state index is 0.108. The second-order valence-corrected chi connectivity index (χ2v) is 33.4. The third kappa shape index (κ3) is 76.1. The molecule has 0 amide bonds. The van der Waals surface area contributed by atoms with E-state index in [-0.39, 0.29) is 25.7 Å². The Labute approximate surface area is 619 Å². The summed E-state index contributed by atoms with van der Waals surface area (Å²) in [6.07, 6.45) is 64.0. The summed E-state index contributed by atoms with van der Waals surface area (Å²) < 4.78 is 68.7. The van der Waals surface area contributed by atoms with Crippen molar-refractivity contribution in [3.05, 3.63) is 0 Å². The van der Waals surface area contributed by atoms with Crippen LogP contribution in [0.3, 0.4) is 0 Å². The first-order valence-electron chi connectivity index (χ1n) is 42.5. The van der Waals surface area contributed by atoms with Gasteiger partial charge in [-0.25, -0.2) is 9.13 Å². The summed E-state index contributed by atoms with van der Waals surface area (Å²) in [5.41, 5.74) is 0. The van der Waals surface area contributed by atoms with Crippen molar-refractivity contribution >= 4 is 39.5 Å². The molecule has 0 aromatic rings. The number of aliphatic hydroxyl groups is 1. The molecule has 0 aliphatic carbocycles. The molecule has 3 N–H and O–H groups in total. The van der Waals surface area contributed by atoms with Gasteiger partial charge in [-0.15, -0.1) is 0 Å². The van der Waals surface area contributed by atoms with Gasteiger partial charge in [-0.05, 0) is 37.5 Å². The molecule has 5 atom stereocenters. The van der Waals surface area contributed by atoms with Gasteiger partial charge in [0, 0.05) is 25.7 Å². The summed E-state index contributed by atoms with van der Waals surface area (Å²) >= 11 is 0. The molecular formula is C82H160O17P2. The number of phosphoric acid groups is 2. The Kier molecular flexibility index (Phi) is 72.2. The van der Waals surface area contributed by atoms with E-state index in [1.54, 1.807) is 0 Å². The second kappa shape index (κ2) is 73.6. The van der Waals surface area contributed by atoms with Gasteiger partial charge in [0.25, 0.3) is 0 Å². The number of hydrogen-bond acceptors (Lipinski definition) is 15. The number of carbonyl (C=O) groups excluding carboxylic acids is 4. The first-order valence-corrected chi connectivity index (χ1v) is 45.5. The molecule has 0 aromatic carbocycles. The van der Waals surface area contributed by atoms with Crippen LogP contribution in [0.2, 0.25) is 0 Å². The number of aliphatic hydroxyl groups excluding tert-OH is 1. The average molecular weight is 1480 g/mol. The predicted molar refractivity (Wildman–Crippen MR) is 414 cm³/mol. The number of carbonyl (C=O) groups is 4. The fourth-order valence-corrected chi connectivity index (χ4v) is 14.3. The van der Waals surface area contributed by atoms with Crippen LogP contribution < -0.4 is 0 Å². The second-order valence-electron chi connectivity index (χ2n) is 30.5. The summed E-state index contributed by atoms with van der Waals surface area (Å²) in [6, 6.07) is 0. The summed E-state index contributed by atoms with van der Waals surface area (Å²) in [6.45, 7) is 9.66. The van der Waals surface area contributed by atoms with Crippen LogP contribution >= 0.6 is 15.6 Å². The Bertz CT molecular complexity index is 1940. The third-order valence-corrected chi connectivity index (χ3v) is 21.1. The smallest absolute Gasteiger partial charge is 0.462 e. The lowest BCUT2D eigenvalue weighted by Gasteiger charge is -2.21. The van der Waals surface area contributed by atoms with Crippen molar-refractivity contribution in [1.82, 2.24) is 0 Å². The zero-order valence-electron chi connectivity index (χ0n) is 66.2. The van der Waals surface area contributed by atoms with E-state index in [1.807, 2.05) is 0 Å². The Hall–Kier alpha value is -1.94. The van der Waals surface area contributed by atoms with Gasteiger partial charge in [0.1, 0.15) is 19.3 Å². The molecule has 2 unspecified atom stereocenters. The molecule has 0 saturated carbocycles. The van der Waals surface area contributed by atoms with Crippen molar-refractivity contribution < 1.29 is 80.2 Å². The number of unbranched alkanes of at least 4 members (excludes halogenated alkanes) is 51. The van der Waals surface area contributed by atoms with E-state index in [9.17, 15) is 43.2 Å². The molecule has 17 nitrogen and oxygen atoms in total. The zero-order chi connectivity index (χ0) is 74.2. The normalized spacial score (nSPS) is 13.9. The topological polar surface area (TPSA) is 237 Å². The lowest BCUT2D eigenvalue weighted by molar-refractivity contribution is -0.161. The molecule has 0 rings (SSSR count). The first kappa shape index (κ1) is 99.1. The molecule has 0 spiro atoms. The number of hydrogen-bond donors (Lipinski definition) is 3. The molecule has 0 saturated heterocycles. The average Bonchev–Trinajstić information content (AvgIpc) is 1.13. The van der Waals surface area contributed by atoms with Crippen LogP contribution in [0.25, 0.3) is 0 Å². The summed E-state index contributed by atoms with van der Waals surface area (Å²) in [4.78, 5) is 72.9. The highest BCUT2D eigenvalue weighted by Crippen LogP contribution is 2.45. The SMILES string of the molecule is CCCCCCCCCCCCCCCCCCCC(=O)O[C@H](COC(=O)CCCCCCCCC)COP(=O)(O)OC[C@H](O)COP(=O)(O)OC[C@@H](COC(=O)CCCCCCCCCCCCCCCCCC(C)C)OC(=O)CCCCCCCCCCCCCCCCCCC(C)C. The summed E-state index contributed by atoms with van der Waals surface area (Å²) in [5, 5.41) is 10.6. The quantitative estimate of drug-likeness (QED) is 0.0222. The monoisotopic (exact) mass is 1480 g/mol. The Morgan fingerprint density at radius 1 is 0.267 bits per heavy atom. The molecule has 101 heavy (non-hydrogen) atoms. The minimum Gasteiger partial charge on any atom is -0.462 e. The predicted octanol–water partition coefficient (Wildman–Crippen LogP) is 24.7. The first-order chi connectivity index (χ1) is 48.9. The van der Waals surface area contributed by atoms with Crippen molar-refractivity contribution in [2.75, 3.05) is 39.6 Å². The Morgan fingerprint density at radius 3 is 0.673 bits per heavy atom. The van der Waals surface area contributed by atoms with E-state index in [0.29, 0.717) is 25.7 Å². The van der Waals surface area contributed by atoms with Gasteiger partial charge < -0.3 is 33.8 Å². The van der Waals surface area contributed by atoms with E-state index in [0.717, 1.165) is 115 Å².